The molecule has 0 saturated carbocycles. The fraction of sp³-hybridized carbons (Fsp3) is 0.278. The number of sulfonamides is 1. The Morgan fingerprint density at radius 3 is 2.11 bits per heavy atom. The largest absolute Gasteiger partial charge is 0.352 e. The highest BCUT2D eigenvalue weighted by atomic mass is 35.5. The third kappa shape index (κ3) is 9.29. The highest BCUT2D eigenvalue weighted by molar-refractivity contribution is 7.92. The Bertz CT molecular complexity index is 1820. The van der Waals surface area contributed by atoms with Gasteiger partial charge in [-0.05, 0) is 98.0 Å². The molecule has 248 valence electrons. The quantitative estimate of drug-likeness (QED) is 0.152. The molecular weight excluding hydrogens is 677 g/mol. The number of nitrogens with one attached hydrogen (secondary N) is 1. The minimum atomic E-state index is -4.25. The Hall–Kier alpha value is -3.56. The molecule has 0 radical (unpaired) electrons. The van der Waals surface area contributed by atoms with E-state index in [0.717, 1.165) is 21.0 Å². The Labute approximate surface area is 292 Å². The van der Waals surface area contributed by atoms with E-state index in [0.29, 0.717) is 32.7 Å². The molecule has 4 aromatic rings. The lowest BCUT2D eigenvalue weighted by molar-refractivity contribution is -0.140. The van der Waals surface area contributed by atoms with Crippen molar-refractivity contribution >= 4 is 62.3 Å². The van der Waals surface area contributed by atoms with E-state index in [4.69, 9.17) is 34.8 Å². The van der Waals surface area contributed by atoms with Crippen LogP contribution in [-0.4, -0.2) is 43.8 Å². The van der Waals surface area contributed by atoms with Gasteiger partial charge < -0.3 is 10.2 Å². The second kappa shape index (κ2) is 16.0. The van der Waals surface area contributed by atoms with Crippen LogP contribution in [0.3, 0.4) is 0 Å². The molecule has 0 bridgehead atoms. The van der Waals surface area contributed by atoms with Gasteiger partial charge in [0.15, 0.2) is 0 Å². The standard InChI is InChI=1S/C36H38Cl3N3O4S/c1-5-26(4)40-36(44)34(21-27-9-7-6-8-10-27)41(22-28-12-18-32(38)33(39)20-28)35(43)23-42(30-15-11-24(2)25(3)19-30)47(45,46)31-16-13-29(37)14-17-31/h6-20,26,34H,5,21-23H2,1-4H3,(H,40,44)/t26-,34+/m1/s1. The predicted molar refractivity (Wildman–Crippen MR) is 191 cm³/mol. The van der Waals surface area contributed by atoms with Gasteiger partial charge in [0.1, 0.15) is 12.6 Å². The topological polar surface area (TPSA) is 86.8 Å². The van der Waals surface area contributed by atoms with E-state index in [9.17, 15) is 18.0 Å². The first-order valence-electron chi connectivity index (χ1n) is 15.2. The minimum absolute atomic E-state index is 0.0249. The van der Waals surface area contributed by atoms with E-state index < -0.39 is 28.5 Å². The van der Waals surface area contributed by atoms with E-state index in [2.05, 4.69) is 5.32 Å². The van der Waals surface area contributed by atoms with Crippen molar-refractivity contribution in [3.8, 4) is 0 Å². The summed E-state index contributed by atoms with van der Waals surface area (Å²) in [7, 11) is -4.25. The van der Waals surface area contributed by atoms with E-state index in [1.54, 1.807) is 30.3 Å². The SMILES string of the molecule is CC[C@@H](C)NC(=O)[C@H](Cc1ccccc1)N(Cc1ccc(Cl)c(Cl)c1)C(=O)CN(c1ccc(C)c(C)c1)S(=O)(=O)c1ccc(Cl)cc1. The molecule has 7 nitrogen and oxygen atoms in total. The normalized spacial score (nSPS) is 12.7. The molecule has 0 saturated heterocycles. The van der Waals surface area contributed by atoms with Crippen LogP contribution in [0.5, 0.6) is 0 Å². The van der Waals surface area contributed by atoms with Gasteiger partial charge in [-0.15, -0.1) is 0 Å². The number of carbonyl (C=O) groups excluding carboxylic acids is 2. The summed E-state index contributed by atoms with van der Waals surface area (Å²) in [5.41, 5.74) is 3.60. The zero-order chi connectivity index (χ0) is 34.3. The van der Waals surface area contributed by atoms with Crippen LogP contribution in [0.25, 0.3) is 0 Å². The number of halogens is 3. The van der Waals surface area contributed by atoms with Gasteiger partial charge in [-0.2, -0.15) is 0 Å². The number of amides is 2. The van der Waals surface area contributed by atoms with Gasteiger partial charge >= 0.3 is 0 Å². The molecule has 11 heteroatoms. The molecule has 0 spiro atoms. The third-order valence-electron chi connectivity index (χ3n) is 8.07. The van der Waals surface area contributed by atoms with Crippen LogP contribution in [0, 0.1) is 13.8 Å². The average Bonchev–Trinajstić information content (AvgIpc) is 3.05. The molecule has 4 rings (SSSR count). The first kappa shape index (κ1) is 36.3. The number of aryl methyl sites for hydroxylation is 2. The molecule has 4 aromatic carbocycles. The van der Waals surface area contributed by atoms with Crippen molar-refractivity contribution in [1.29, 1.82) is 0 Å². The zero-order valence-corrected chi connectivity index (χ0v) is 29.8. The Morgan fingerprint density at radius 1 is 0.809 bits per heavy atom. The van der Waals surface area contributed by atoms with Crippen LogP contribution in [0.1, 0.15) is 42.5 Å². The summed E-state index contributed by atoms with van der Waals surface area (Å²) in [5.74, 6) is -0.929. The minimum Gasteiger partial charge on any atom is -0.352 e. The van der Waals surface area contributed by atoms with Crippen molar-refractivity contribution in [1.82, 2.24) is 10.2 Å². The second-order valence-electron chi connectivity index (χ2n) is 11.5. The van der Waals surface area contributed by atoms with Crippen molar-refractivity contribution in [2.45, 2.75) is 64.1 Å². The molecule has 0 aliphatic rings. The zero-order valence-electron chi connectivity index (χ0n) is 26.7. The van der Waals surface area contributed by atoms with Gasteiger partial charge in [0.25, 0.3) is 10.0 Å². The molecule has 0 aromatic heterocycles. The lowest BCUT2D eigenvalue weighted by Crippen LogP contribution is -2.54. The summed E-state index contributed by atoms with van der Waals surface area (Å²) in [6.45, 7) is 7.05. The summed E-state index contributed by atoms with van der Waals surface area (Å²) in [5, 5.41) is 4.04. The second-order valence-corrected chi connectivity index (χ2v) is 14.6. The number of carbonyl (C=O) groups is 2. The monoisotopic (exact) mass is 713 g/mol. The fourth-order valence-corrected chi connectivity index (χ4v) is 6.83. The van der Waals surface area contributed by atoms with Crippen LogP contribution in [0.4, 0.5) is 5.69 Å². The lowest BCUT2D eigenvalue weighted by Gasteiger charge is -2.34. The molecule has 2 amide bonds. The maximum atomic E-state index is 14.6. The molecule has 47 heavy (non-hydrogen) atoms. The van der Waals surface area contributed by atoms with Crippen LogP contribution in [0.15, 0.2) is 95.9 Å². The Morgan fingerprint density at radius 2 is 1.49 bits per heavy atom. The molecule has 0 unspecified atom stereocenters. The summed E-state index contributed by atoms with van der Waals surface area (Å²) in [6, 6.07) is 24.2. The molecule has 0 aliphatic heterocycles. The highest BCUT2D eigenvalue weighted by Crippen LogP contribution is 2.29. The number of hydrogen-bond acceptors (Lipinski definition) is 4. The number of nitrogens with zero attached hydrogens (tertiary/aromatic N) is 2. The van der Waals surface area contributed by atoms with Gasteiger partial charge in [-0.1, -0.05) is 84.2 Å². The third-order valence-corrected chi connectivity index (χ3v) is 10.8. The molecule has 0 fully saturated rings. The molecule has 1 N–H and O–H groups in total. The predicted octanol–water partition coefficient (Wildman–Crippen LogP) is 8.01. The van der Waals surface area contributed by atoms with Crippen LogP contribution < -0.4 is 9.62 Å². The summed E-state index contributed by atoms with van der Waals surface area (Å²) in [4.78, 5) is 30.0. The maximum absolute atomic E-state index is 14.6. The Kier molecular flexibility index (Phi) is 12.4. The van der Waals surface area contributed by atoms with E-state index in [1.165, 1.54) is 29.2 Å². The smallest absolute Gasteiger partial charge is 0.264 e. The van der Waals surface area contributed by atoms with Crippen molar-refractivity contribution in [3.05, 3.63) is 128 Å². The van der Waals surface area contributed by atoms with Crippen LogP contribution in [-0.2, 0) is 32.6 Å². The van der Waals surface area contributed by atoms with Gasteiger partial charge in [0.2, 0.25) is 11.8 Å². The number of anilines is 1. The summed E-state index contributed by atoms with van der Waals surface area (Å²) >= 11 is 18.6. The number of benzene rings is 4. The summed E-state index contributed by atoms with van der Waals surface area (Å²) < 4.78 is 29.5. The van der Waals surface area contributed by atoms with E-state index in [1.807, 2.05) is 64.1 Å². The number of rotatable bonds is 13. The van der Waals surface area contributed by atoms with Crippen molar-refractivity contribution < 1.29 is 18.0 Å². The first-order valence-corrected chi connectivity index (χ1v) is 17.8. The van der Waals surface area contributed by atoms with Gasteiger partial charge in [-0.25, -0.2) is 8.42 Å². The molecule has 2 atom stereocenters. The molecule has 0 heterocycles. The highest BCUT2D eigenvalue weighted by Gasteiger charge is 2.35. The van der Waals surface area contributed by atoms with Crippen molar-refractivity contribution in [3.63, 3.8) is 0 Å². The van der Waals surface area contributed by atoms with E-state index in [-0.39, 0.29) is 29.8 Å². The average molecular weight is 715 g/mol. The Balaban J connectivity index is 1.84. The maximum Gasteiger partial charge on any atom is 0.264 e. The van der Waals surface area contributed by atoms with Crippen molar-refractivity contribution in [2.75, 3.05) is 10.8 Å². The number of hydrogen-bond donors (Lipinski definition) is 1. The molecular formula is C36H38Cl3N3O4S. The summed E-state index contributed by atoms with van der Waals surface area (Å²) in [6.07, 6.45) is 0.883. The van der Waals surface area contributed by atoms with Crippen LogP contribution >= 0.6 is 34.8 Å². The van der Waals surface area contributed by atoms with Gasteiger partial charge in [-0.3, -0.25) is 13.9 Å². The fourth-order valence-electron chi connectivity index (χ4n) is 4.97. The first-order chi connectivity index (χ1) is 22.3. The lowest BCUT2D eigenvalue weighted by atomic mass is 10.0. The van der Waals surface area contributed by atoms with E-state index >= 15 is 0 Å². The van der Waals surface area contributed by atoms with Crippen LogP contribution in [0.2, 0.25) is 15.1 Å². The molecule has 0 aliphatic carbocycles. The van der Waals surface area contributed by atoms with Gasteiger partial charge in [0.05, 0.1) is 20.6 Å². The van der Waals surface area contributed by atoms with Gasteiger partial charge in [0, 0.05) is 24.0 Å². The van der Waals surface area contributed by atoms with Crippen molar-refractivity contribution in [2.24, 2.45) is 0 Å².